The number of alkyl halides is 2. The van der Waals surface area contributed by atoms with Crippen LogP contribution in [-0.2, 0) is 9.84 Å². The number of rotatable bonds is 6. The summed E-state index contributed by atoms with van der Waals surface area (Å²) in [7, 11) is -3.55. The molecule has 0 radical (unpaired) electrons. The summed E-state index contributed by atoms with van der Waals surface area (Å²) in [6.45, 7) is -2.95. The van der Waals surface area contributed by atoms with Gasteiger partial charge in [-0.3, -0.25) is 4.40 Å². The van der Waals surface area contributed by atoms with E-state index in [-0.39, 0.29) is 28.2 Å². The Hall–Kier alpha value is -3.08. The van der Waals surface area contributed by atoms with Gasteiger partial charge in [0.1, 0.15) is 11.6 Å². The fourth-order valence-corrected chi connectivity index (χ4v) is 6.02. The molecule has 0 saturated heterocycles. The van der Waals surface area contributed by atoms with E-state index in [0.717, 1.165) is 29.8 Å². The maximum atomic E-state index is 12.8. The summed E-state index contributed by atoms with van der Waals surface area (Å²) in [5.74, 6) is 0.811. The fraction of sp³-hybridized carbons (Fsp3) is 0.350. The molecule has 3 aromatic heterocycles. The van der Waals surface area contributed by atoms with Crippen molar-refractivity contribution in [2.75, 3.05) is 5.75 Å². The standard InChI is InChI=1S/C20H19F2N5O3S/c21-20(22)30-14-3-5-15(6-4-14)31(28,29)11-12-1-2-13(9-12)19-26-25-17-10-24-18-16(27(17)19)7-8-23-18/h3-8,10,12-13,20,23H,1-2,9,11H2/t12-,13+/m0/s1. The largest absolute Gasteiger partial charge is 0.435 e. The molecule has 0 spiro atoms. The monoisotopic (exact) mass is 447 g/mol. The highest BCUT2D eigenvalue weighted by Gasteiger charge is 2.33. The van der Waals surface area contributed by atoms with Gasteiger partial charge in [-0.05, 0) is 55.5 Å². The van der Waals surface area contributed by atoms with Gasteiger partial charge in [0.2, 0.25) is 0 Å². The van der Waals surface area contributed by atoms with Gasteiger partial charge < -0.3 is 9.72 Å². The number of hydrogen-bond acceptors (Lipinski definition) is 6. The van der Waals surface area contributed by atoms with E-state index < -0.39 is 16.4 Å². The van der Waals surface area contributed by atoms with Crippen LogP contribution in [0, 0.1) is 5.92 Å². The van der Waals surface area contributed by atoms with Crippen molar-refractivity contribution in [3.05, 3.63) is 48.5 Å². The van der Waals surface area contributed by atoms with Crippen LogP contribution in [0.5, 0.6) is 5.75 Å². The predicted octanol–water partition coefficient (Wildman–Crippen LogP) is 3.56. The molecule has 0 bridgehead atoms. The highest BCUT2D eigenvalue weighted by atomic mass is 32.2. The lowest BCUT2D eigenvalue weighted by Crippen LogP contribution is -2.15. The molecule has 5 rings (SSSR count). The van der Waals surface area contributed by atoms with Gasteiger partial charge in [-0.2, -0.15) is 8.78 Å². The van der Waals surface area contributed by atoms with Crippen LogP contribution in [0.4, 0.5) is 8.78 Å². The van der Waals surface area contributed by atoms with Crippen LogP contribution in [0.25, 0.3) is 16.8 Å². The molecule has 3 heterocycles. The molecular formula is C20H19F2N5O3S. The molecule has 1 aliphatic rings. The quantitative estimate of drug-likeness (QED) is 0.485. The first kappa shape index (κ1) is 19.9. The Bertz CT molecular complexity index is 1330. The molecule has 31 heavy (non-hydrogen) atoms. The Balaban J connectivity index is 1.33. The molecule has 1 fully saturated rings. The number of sulfone groups is 1. The first-order valence-electron chi connectivity index (χ1n) is 9.85. The highest BCUT2D eigenvalue weighted by Crippen LogP contribution is 2.39. The molecule has 4 aromatic rings. The van der Waals surface area contributed by atoms with E-state index in [1.165, 1.54) is 24.3 Å². The Morgan fingerprint density at radius 1 is 1.16 bits per heavy atom. The Labute approximate surface area is 176 Å². The zero-order valence-electron chi connectivity index (χ0n) is 16.3. The number of aromatic amines is 1. The van der Waals surface area contributed by atoms with Crippen LogP contribution in [0.3, 0.4) is 0 Å². The van der Waals surface area contributed by atoms with Crippen LogP contribution in [0.1, 0.15) is 31.0 Å². The molecular weight excluding hydrogens is 428 g/mol. The van der Waals surface area contributed by atoms with E-state index in [1.54, 1.807) is 6.20 Å². The summed E-state index contributed by atoms with van der Waals surface area (Å²) in [6.07, 6.45) is 5.72. The average molecular weight is 447 g/mol. The molecule has 1 aliphatic carbocycles. The smallest absolute Gasteiger partial charge is 0.387 e. The third-order valence-corrected chi connectivity index (χ3v) is 7.64. The topological polar surface area (TPSA) is 102 Å². The van der Waals surface area contributed by atoms with Crippen molar-refractivity contribution in [3.63, 3.8) is 0 Å². The SMILES string of the molecule is O=S(=O)(C[C@H]1CC[C@@H](c2nnc3cnc4[nH]ccc4n23)C1)c1ccc(OC(F)F)cc1. The summed E-state index contributed by atoms with van der Waals surface area (Å²) >= 11 is 0. The van der Waals surface area contributed by atoms with E-state index in [1.807, 2.05) is 16.7 Å². The lowest BCUT2D eigenvalue weighted by Gasteiger charge is -2.12. The number of fused-ring (bicyclic) bond motifs is 3. The Morgan fingerprint density at radius 3 is 2.74 bits per heavy atom. The number of hydrogen-bond donors (Lipinski definition) is 1. The molecule has 0 unspecified atom stereocenters. The normalized spacial score (nSPS) is 19.6. The van der Waals surface area contributed by atoms with Gasteiger partial charge in [-0.25, -0.2) is 13.4 Å². The zero-order valence-corrected chi connectivity index (χ0v) is 17.1. The second kappa shape index (κ2) is 7.56. The van der Waals surface area contributed by atoms with E-state index in [0.29, 0.717) is 12.1 Å². The first-order valence-corrected chi connectivity index (χ1v) is 11.5. The Kier molecular flexibility index (Phi) is 4.84. The van der Waals surface area contributed by atoms with Crippen molar-refractivity contribution in [3.8, 4) is 5.75 Å². The lowest BCUT2D eigenvalue weighted by molar-refractivity contribution is -0.0498. The molecule has 8 nitrogen and oxygen atoms in total. The summed E-state index contributed by atoms with van der Waals surface area (Å²) in [5, 5.41) is 8.59. The van der Waals surface area contributed by atoms with E-state index in [2.05, 4.69) is 24.9 Å². The number of nitrogens with one attached hydrogen (secondary N) is 1. The molecule has 2 atom stereocenters. The van der Waals surface area contributed by atoms with Crippen molar-refractivity contribution in [1.82, 2.24) is 24.6 Å². The first-order chi connectivity index (χ1) is 14.9. The Morgan fingerprint density at radius 2 is 1.97 bits per heavy atom. The number of H-pyrrole nitrogens is 1. The van der Waals surface area contributed by atoms with Crippen molar-refractivity contribution >= 4 is 26.6 Å². The van der Waals surface area contributed by atoms with Gasteiger partial charge in [-0.15, -0.1) is 10.2 Å². The van der Waals surface area contributed by atoms with Gasteiger partial charge >= 0.3 is 6.61 Å². The van der Waals surface area contributed by atoms with Crippen LogP contribution in [0.2, 0.25) is 0 Å². The number of ether oxygens (including phenoxy) is 1. The van der Waals surface area contributed by atoms with Crippen molar-refractivity contribution < 1.29 is 21.9 Å². The van der Waals surface area contributed by atoms with Crippen molar-refractivity contribution in [1.29, 1.82) is 0 Å². The lowest BCUT2D eigenvalue weighted by atomic mass is 10.1. The van der Waals surface area contributed by atoms with Crippen LogP contribution >= 0.6 is 0 Å². The summed E-state index contributed by atoms with van der Waals surface area (Å²) < 4.78 is 56.5. The van der Waals surface area contributed by atoms with Crippen LogP contribution in [-0.4, -0.2) is 45.3 Å². The van der Waals surface area contributed by atoms with Gasteiger partial charge in [0.15, 0.2) is 21.1 Å². The van der Waals surface area contributed by atoms with Gasteiger partial charge in [0, 0.05) is 12.1 Å². The number of aromatic nitrogens is 5. The number of halogens is 2. The molecule has 0 amide bonds. The van der Waals surface area contributed by atoms with Crippen LogP contribution < -0.4 is 4.74 Å². The zero-order chi connectivity index (χ0) is 21.6. The minimum atomic E-state index is -3.55. The number of benzene rings is 1. The molecule has 162 valence electrons. The van der Waals surface area contributed by atoms with E-state index in [4.69, 9.17) is 0 Å². The maximum Gasteiger partial charge on any atom is 0.387 e. The second-order valence-corrected chi connectivity index (χ2v) is 9.76. The third kappa shape index (κ3) is 3.73. The molecule has 1 aromatic carbocycles. The summed E-state index contributed by atoms with van der Waals surface area (Å²) in [5.41, 5.74) is 2.29. The van der Waals surface area contributed by atoms with E-state index >= 15 is 0 Å². The third-order valence-electron chi connectivity index (χ3n) is 5.74. The van der Waals surface area contributed by atoms with E-state index in [9.17, 15) is 17.2 Å². The minimum absolute atomic E-state index is 0.00356. The summed E-state index contributed by atoms with van der Waals surface area (Å²) in [4.78, 5) is 7.50. The van der Waals surface area contributed by atoms with Gasteiger partial charge in [0.05, 0.1) is 22.4 Å². The molecule has 1 saturated carbocycles. The van der Waals surface area contributed by atoms with Crippen molar-refractivity contribution in [2.45, 2.75) is 36.7 Å². The molecule has 11 heteroatoms. The van der Waals surface area contributed by atoms with Gasteiger partial charge in [-0.1, -0.05) is 0 Å². The maximum absolute atomic E-state index is 12.8. The predicted molar refractivity (Wildman–Crippen MR) is 108 cm³/mol. The molecule has 1 N–H and O–H groups in total. The fourth-order valence-electron chi connectivity index (χ4n) is 4.36. The van der Waals surface area contributed by atoms with Gasteiger partial charge in [0.25, 0.3) is 0 Å². The second-order valence-electron chi connectivity index (χ2n) is 7.73. The average Bonchev–Trinajstić information content (AvgIpc) is 3.45. The van der Waals surface area contributed by atoms with Crippen molar-refractivity contribution in [2.24, 2.45) is 5.92 Å². The number of nitrogens with zero attached hydrogens (tertiary/aromatic N) is 4. The minimum Gasteiger partial charge on any atom is -0.435 e. The molecule has 0 aliphatic heterocycles. The van der Waals surface area contributed by atoms with Crippen LogP contribution in [0.15, 0.2) is 47.6 Å². The highest BCUT2D eigenvalue weighted by molar-refractivity contribution is 7.91. The summed E-state index contributed by atoms with van der Waals surface area (Å²) in [6, 6.07) is 7.02.